The highest BCUT2D eigenvalue weighted by Gasteiger charge is 2.14. The second-order valence-electron chi connectivity index (χ2n) is 5.43. The van der Waals surface area contributed by atoms with E-state index in [9.17, 15) is 18.8 Å². The number of hydrogen-bond donors (Lipinski definition) is 5. The summed E-state index contributed by atoms with van der Waals surface area (Å²) in [6, 6.07) is 7.61. The van der Waals surface area contributed by atoms with E-state index in [0.717, 1.165) is 0 Å². The minimum Gasteiger partial charge on any atom is -0.478 e. The number of carbonyl (C=O) groups excluding carboxylic acids is 1. The van der Waals surface area contributed by atoms with Crippen LogP contribution in [0.5, 0.6) is 0 Å². The molecule has 0 saturated heterocycles. The molecule has 0 fully saturated rings. The molecule has 6 N–H and O–H groups in total. The molecule has 1 heterocycles. The van der Waals surface area contributed by atoms with Gasteiger partial charge in [-0.25, -0.2) is 23.8 Å². The first kappa shape index (κ1) is 23.9. The lowest BCUT2D eigenvalue weighted by Gasteiger charge is -2.14. The van der Waals surface area contributed by atoms with Gasteiger partial charge in [0, 0.05) is 24.8 Å². The average molecular weight is 420 g/mol. The quantitative estimate of drug-likeness (QED) is 0.442. The van der Waals surface area contributed by atoms with E-state index in [-0.39, 0.29) is 18.2 Å². The molecular weight excluding hydrogens is 399 g/mol. The van der Waals surface area contributed by atoms with Crippen molar-refractivity contribution in [2.45, 2.75) is 6.92 Å². The highest BCUT2D eigenvalue weighted by Crippen LogP contribution is 2.32. The summed E-state index contributed by atoms with van der Waals surface area (Å²) in [4.78, 5) is 34.9. The van der Waals surface area contributed by atoms with Crippen LogP contribution in [0.4, 0.5) is 26.4 Å². The molecule has 0 radical (unpaired) electrons. The number of nitrogen functional groups attached to an aromatic ring is 1. The zero-order valence-electron chi connectivity index (χ0n) is 16.2. The van der Waals surface area contributed by atoms with E-state index in [1.54, 1.807) is 32.2 Å². The van der Waals surface area contributed by atoms with Crippen LogP contribution >= 0.6 is 0 Å². The van der Waals surface area contributed by atoms with Gasteiger partial charge >= 0.3 is 18.0 Å². The van der Waals surface area contributed by atoms with Gasteiger partial charge in [-0.15, -0.1) is 0 Å². The molecule has 30 heavy (non-hydrogen) atoms. The van der Waals surface area contributed by atoms with Gasteiger partial charge in [0.25, 0.3) is 0 Å². The molecule has 1 aromatic heterocycles. The number of amides is 1. The molecule has 2 aromatic rings. The van der Waals surface area contributed by atoms with Crippen LogP contribution in [0.25, 0.3) is 11.3 Å². The zero-order chi connectivity index (χ0) is 22.7. The largest absolute Gasteiger partial charge is 0.478 e. The van der Waals surface area contributed by atoms with E-state index in [1.165, 1.54) is 12.1 Å². The van der Waals surface area contributed by atoms with E-state index in [4.69, 9.17) is 20.7 Å². The Bertz CT molecular complexity index is 915. The van der Waals surface area contributed by atoms with Gasteiger partial charge in [0.15, 0.2) is 0 Å². The maximum atomic E-state index is 13.0. The number of halogens is 1. The summed E-state index contributed by atoms with van der Waals surface area (Å²) in [5.74, 6) is -2.70. The maximum Gasteiger partial charge on any atom is 0.411 e. The van der Waals surface area contributed by atoms with Gasteiger partial charge in [0.1, 0.15) is 17.3 Å². The summed E-state index contributed by atoms with van der Waals surface area (Å²) in [6.45, 7) is 1.96. The van der Waals surface area contributed by atoms with Crippen molar-refractivity contribution in [3.05, 3.63) is 48.3 Å². The molecule has 160 valence electrons. The fraction of sp³-hybridized carbons (Fsp3) is 0.158. The van der Waals surface area contributed by atoms with Crippen LogP contribution in [0.15, 0.2) is 42.5 Å². The Hall–Kier alpha value is -4.15. The summed E-state index contributed by atoms with van der Waals surface area (Å²) < 4.78 is 17.8. The van der Waals surface area contributed by atoms with Crippen LogP contribution < -0.4 is 16.4 Å². The van der Waals surface area contributed by atoms with Gasteiger partial charge in [0.2, 0.25) is 0 Å². The number of aliphatic carboxylic acids is 2. The lowest BCUT2D eigenvalue weighted by Crippen LogP contribution is -2.16. The second kappa shape index (κ2) is 11.6. The number of carboxylic acid groups (broad SMARTS) is 2. The molecule has 2 rings (SSSR count). The average Bonchev–Trinajstić information content (AvgIpc) is 2.69. The third kappa shape index (κ3) is 7.84. The molecule has 0 saturated carbocycles. The molecule has 0 spiro atoms. The van der Waals surface area contributed by atoms with Crippen LogP contribution in [0.1, 0.15) is 6.92 Å². The van der Waals surface area contributed by atoms with Gasteiger partial charge < -0.3 is 26.0 Å². The number of anilines is 3. The highest BCUT2D eigenvalue weighted by atomic mass is 19.1. The number of rotatable bonds is 6. The molecule has 10 nitrogen and oxygen atoms in total. The predicted octanol–water partition coefficient (Wildman–Crippen LogP) is 2.79. The molecule has 0 aliphatic heterocycles. The monoisotopic (exact) mass is 420 g/mol. The SMILES string of the molecule is CCOC(=O)Nc1c(NC)cc(-c2ccc(F)cc2)nc1N.O=C(O)/C=C\C(=O)O. The van der Waals surface area contributed by atoms with Crippen molar-refractivity contribution in [3.8, 4) is 11.3 Å². The third-order valence-electron chi connectivity index (χ3n) is 3.33. The highest BCUT2D eigenvalue weighted by molar-refractivity contribution is 5.95. The van der Waals surface area contributed by atoms with Crippen molar-refractivity contribution >= 4 is 35.2 Å². The van der Waals surface area contributed by atoms with Crippen molar-refractivity contribution in [2.24, 2.45) is 0 Å². The van der Waals surface area contributed by atoms with E-state index in [1.807, 2.05) is 0 Å². The molecule has 0 unspecified atom stereocenters. The van der Waals surface area contributed by atoms with Crippen molar-refractivity contribution in [2.75, 3.05) is 30.0 Å². The normalized spacial score (nSPS) is 9.97. The van der Waals surface area contributed by atoms with Crippen LogP contribution in [-0.2, 0) is 14.3 Å². The number of benzene rings is 1. The molecule has 0 aliphatic rings. The fourth-order valence-corrected chi connectivity index (χ4v) is 2.07. The third-order valence-corrected chi connectivity index (χ3v) is 3.33. The Morgan fingerprint density at radius 2 is 1.73 bits per heavy atom. The van der Waals surface area contributed by atoms with Gasteiger partial charge in [-0.05, 0) is 37.3 Å². The fourth-order valence-electron chi connectivity index (χ4n) is 2.07. The summed E-state index contributed by atoms with van der Waals surface area (Å²) in [7, 11) is 1.69. The number of ether oxygens (including phenoxy) is 1. The molecule has 1 amide bonds. The lowest BCUT2D eigenvalue weighted by atomic mass is 10.1. The van der Waals surface area contributed by atoms with Crippen LogP contribution in [0, 0.1) is 5.82 Å². The number of nitrogens with two attached hydrogens (primary N) is 1. The minimum atomic E-state index is -1.26. The Balaban J connectivity index is 0.000000479. The number of nitrogens with one attached hydrogen (secondary N) is 2. The van der Waals surface area contributed by atoms with E-state index in [2.05, 4.69) is 15.6 Å². The Morgan fingerprint density at radius 1 is 1.17 bits per heavy atom. The summed E-state index contributed by atoms with van der Waals surface area (Å²) in [6.07, 6.45) is 0.507. The van der Waals surface area contributed by atoms with Gasteiger partial charge in [0.05, 0.1) is 18.0 Å². The number of hydrogen-bond acceptors (Lipinski definition) is 7. The molecule has 1 aromatic carbocycles. The second-order valence-corrected chi connectivity index (χ2v) is 5.43. The first-order chi connectivity index (χ1) is 14.2. The number of aromatic nitrogens is 1. The number of pyridine rings is 1. The van der Waals surface area contributed by atoms with Crippen LogP contribution in [0.3, 0.4) is 0 Å². The van der Waals surface area contributed by atoms with Crippen molar-refractivity contribution in [1.29, 1.82) is 0 Å². The topological polar surface area (TPSA) is 164 Å². The van der Waals surface area contributed by atoms with Gasteiger partial charge in [-0.1, -0.05) is 0 Å². The van der Waals surface area contributed by atoms with Gasteiger partial charge in [-0.2, -0.15) is 0 Å². The van der Waals surface area contributed by atoms with Gasteiger partial charge in [-0.3, -0.25) is 5.32 Å². The zero-order valence-corrected chi connectivity index (χ0v) is 16.2. The van der Waals surface area contributed by atoms with Crippen molar-refractivity contribution in [1.82, 2.24) is 4.98 Å². The Morgan fingerprint density at radius 3 is 2.20 bits per heavy atom. The van der Waals surface area contributed by atoms with Crippen molar-refractivity contribution in [3.63, 3.8) is 0 Å². The van der Waals surface area contributed by atoms with Crippen LogP contribution in [0.2, 0.25) is 0 Å². The molecule has 0 bridgehead atoms. The Kier molecular flexibility index (Phi) is 9.27. The van der Waals surface area contributed by atoms with Crippen LogP contribution in [-0.4, -0.2) is 46.9 Å². The maximum absolute atomic E-state index is 13.0. The van der Waals surface area contributed by atoms with Crippen molar-refractivity contribution < 1.29 is 33.7 Å². The standard InChI is InChI=1S/C15H17FN4O2.C4H4O4/c1-3-22-15(21)20-13-12(18-2)8-11(19-14(13)17)9-4-6-10(16)7-5-9;5-3(6)1-2-4(7)8/h4-8H,3H2,1-2H3,(H,20,21)(H3,17,18,19);1-2H,(H,5,6)(H,7,8)/b;2-1-. The summed E-state index contributed by atoms with van der Waals surface area (Å²) in [5, 5.41) is 21.1. The summed E-state index contributed by atoms with van der Waals surface area (Å²) >= 11 is 0. The van der Waals surface area contributed by atoms with E-state index >= 15 is 0 Å². The first-order valence-corrected chi connectivity index (χ1v) is 8.49. The molecule has 0 aliphatic carbocycles. The summed E-state index contributed by atoms with van der Waals surface area (Å²) in [5.41, 5.74) is 8.12. The van der Waals surface area contributed by atoms with E-state index < -0.39 is 18.0 Å². The Labute approximate surface area is 171 Å². The lowest BCUT2D eigenvalue weighted by molar-refractivity contribution is -0.134. The number of nitrogens with zero attached hydrogens (tertiary/aromatic N) is 1. The number of carbonyl (C=O) groups is 3. The molecule has 0 atom stereocenters. The number of carboxylic acids is 2. The smallest absolute Gasteiger partial charge is 0.411 e. The minimum absolute atomic E-state index is 0.138. The van der Waals surface area contributed by atoms with E-state index in [0.29, 0.717) is 34.8 Å². The molecule has 11 heteroatoms. The first-order valence-electron chi connectivity index (χ1n) is 8.49. The molecular formula is C19H21FN4O6. The predicted molar refractivity (Wildman–Crippen MR) is 109 cm³/mol.